The van der Waals surface area contributed by atoms with Crippen molar-refractivity contribution in [2.45, 2.75) is 51.2 Å². The van der Waals surface area contributed by atoms with Crippen LogP contribution in [0.5, 0.6) is 0 Å². The number of aromatic nitrogens is 2. The Hall–Kier alpha value is -2.51. The Morgan fingerprint density at radius 1 is 1.07 bits per heavy atom. The molecule has 0 saturated heterocycles. The highest BCUT2D eigenvalue weighted by Gasteiger charge is 2.39. The molecule has 0 radical (unpaired) electrons. The number of nitrogens with zero attached hydrogens (tertiary/aromatic N) is 2. The highest BCUT2D eigenvalue weighted by molar-refractivity contribution is 5.73. The van der Waals surface area contributed by atoms with Crippen molar-refractivity contribution in [2.75, 3.05) is 13.1 Å². The standard InChI is InChI=1S/C20H25F3N4O/c21-20(22,23)18-16-10-4-5-11-17(16)27(26-18)14-13-25-19(28)24-12-6-9-15-7-2-1-3-8-15/h1-3,7-8H,4-6,9-14H2,(H2,24,25,28). The number of amides is 2. The molecule has 0 fully saturated rings. The van der Waals surface area contributed by atoms with E-state index in [0.717, 1.165) is 25.7 Å². The summed E-state index contributed by atoms with van der Waals surface area (Å²) in [5.41, 5.74) is 1.42. The van der Waals surface area contributed by atoms with Gasteiger partial charge in [0, 0.05) is 24.3 Å². The van der Waals surface area contributed by atoms with Crippen LogP contribution in [0, 0.1) is 0 Å². The maximum Gasteiger partial charge on any atom is 0.435 e. The second kappa shape index (κ2) is 9.12. The van der Waals surface area contributed by atoms with Crippen molar-refractivity contribution in [2.24, 2.45) is 0 Å². The number of rotatable bonds is 7. The summed E-state index contributed by atoms with van der Waals surface area (Å²) in [6.07, 6.45) is -0.101. The van der Waals surface area contributed by atoms with Crippen LogP contribution in [0.25, 0.3) is 0 Å². The minimum absolute atomic E-state index is 0.232. The number of carbonyl (C=O) groups is 1. The van der Waals surface area contributed by atoms with Crippen LogP contribution in [0.1, 0.15) is 41.8 Å². The van der Waals surface area contributed by atoms with Crippen LogP contribution in [-0.2, 0) is 32.0 Å². The molecule has 1 aromatic heterocycles. The van der Waals surface area contributed by atoms with E-state index < -0.39 is 11.9 Å². The van der Waals surface area contributed by atoms with Gasteiger partial charge in [-0.3, -0.25) is 4.68 Å². The molecule has 152 valence electrons. The van der Waals surface area contributed by atoms with Crippen molar-refractivity contribution in [1.29, 1.82) is 0 Å². The molecule has 5 nitrogen and oxygen atoms in total. The lowest BCUT2D eigenvalue weighted by Gasteiger charge is -2.15. The first-order valence-electron chi connectivity index (χ1n) is 9.66. The van der Waals surface area contributed by atoms with E-state index >= 15 is 0 Å². The molecule has 0 spiro atoms. The maximum atomic E-state index is 13.2. The Kier molecular flexibility index (Phi) is 6.59. The third-order valence-corrected chi connectivity index (χ3v) is 4.91. The zero-order valence-electron chi connectivity index (χ0n) is 15.7. The third kappa shape index (κ3) is 5.27. The molecule has 1 aliphatic carbocycles. The van der Waals surface area contributed by atoms with E-state index in [1.54, 1.807) is 0 Å². The fourth-order valence-electron chi connectivity index (χ4n) is 3.56. The lowest BCUT2D eigenvalue weighted by Crippen LogP contribution is -2.38. The van der Waals surface area contributed by atoms with Crippen molar-refractivity contribution in [1.82, 2.24) is 20.4 Å². The number of alkyl halides is 3. The van der Waals surface area contributed by atoms with Crippen LogP contribution in [0.2, 0.25) is 0 Å². The first kappa shape index (κ1) is 20.2. The highest BCUT2D eigenvalue weighted by atomic mass is 19.4. The summed E-state index contributed by atoms with van der Waals surface area (Å²) in [6.45, 7) is 1.00. The zero-order valence-corrected chi connectivity index (χ0v) is 15.7. The van der Waals surface area contributed by atoms with Crippen LogP contribution < -0.4 is 10.6 Å². The van der Waals surface area contributed by atoms with Gasteiger partial charge in [0.2, 0.25) is 0 Å². The molecular weight excluding hydrogens is 369 g/mol. The monoisotopic (exact) mass is 394 g/mol. The van der Waals surface area contributed by atoms with E-state index in [-0.39, 0.29) is 19.1 Å². The number of fused-ring (bicyclic) bond motifs is 1. The fraction of sp³-hybridized carbons (Fsp3) is 0.500. The quantitative estimate of drug-likeness (QED) is 0.704. The number of carbonyl (C=O) groups excluding carboxylic acids is 1. The molecule has 8 heteroatoms. The van der Waals surface area contributed by atoms with E-state index in [0.29, 0.717) is 30.6 Å². The molecule has 0 atom stereocenters. The summed E-state index contributed by atoms with van der Waals surface area (Å²) in [5, 5.41) is 9.25. The highest BCUT2D eigenvalue weighted by Crippen LogP contribution is 2.35. The van der Waals surface area contributed by atoms with E-state index in [1.165, 1.54) is 10.2 Å². The van der Waals surface area contributed by atoms with Gasteiger partial charge in [0.05, 0.1) is 6.54 Å². The van der Waals surface area contributed by atoms with Gasteiger partial charge in [-0.1, -0.05) is 30.3 Å². The number of urea groups is 1. The van der Waals surface area contributed by atoms with Crippen molar-refractivity contribution in [3.05, 3.63) is 52.8 Å². The van der Waals surface area contributed by atoms with Gasteiger partial charge < -0.3 is 10.6 Å². The molecule has 3 rings (SSSR count). The van der Waals surface area contributed by atoms with Gasteiger partial charge in [0.1, 0.15) is 0 Å². The topological polar surface area (TPSA) is 59.0 Å². The summed E-state index contributed by atoms with van der Waals surface area (Å²) in [7, 11) is 0. The van der Waals surface area contributed by atoms with E-state index in [2.05, 4.69) is 15.7 Å². The van der Waals surface area contributed by atoms with E-state index in [1.807, 2.05) is 30.3 Å². The molecular formula is C20H25F3N4O. The molecule has 0 bridgehead atoms. The van der Waals surface area contributed by atoms with Crippen LogP contribution in [0.3, 0.4) is 0 Å². The van der Waals surface area contributed by atoms with Gasteiger partial charge in [-0.15, -0.1) is 0 Å². The molecule has 1 aliphatic rings. The molecule has 2 N–H and O–H groups in total. The van der Waals surface area contributed by atoms with Gasteiger partial charge in [-0.25, -0.2) is 4.79 Å². The molecule has 0 saturated carbocycles. The van der Waals surface area contributed by atoms with Gasteiger partial charge >= 0.3 is 12.2 Å². The lowest BCUT2D eigenvalue weighted by molar-refractivity contribution is -0.142. The molecule has 2 amide bonds. The fourth-order valence-corrected chi connectivity index (χ4v) is 3.56. The van der Waals surface area contributed by atoms with Crippen molar-refractivity contribution >= 4 is 6.03 Å². The number of aryl methyl sites for hydroxylation is 1. The Morgan fingerprint density at radius 3 is 2.54 bits per heavy atom. The van der Waals surface area contributed by atoms with Crippen LogP contribution in [-0.4, -0.2) is 28.9 Å². The van der Waals surface area contributed by atoms with E-state index in [9.17, 15) is 18.0 Å². The van der Waals surface area contributed by atoms with Crippen LogP contribution in [0.4, 0.5) is 18.0 Å². The van der Waals surface area contributed by atoms with Crippen LogP contribution in [0.15, 0.2) is 30.3 Å². The molecule has 1 aromatic carbocycles. The minimum atomic E-state index is -4.43. The van der Waals surface area contributed by atoms with Gasteiger partial charge in [-0.2, -0.15) is 18.3 Å². The number of hydrogen-bond acceptors (Lipinski definition) is 2. The summed E-state index contributed by atoms with van der Waals surface area (Å²) in [4.78, 5) is 11.9. The number of benzene rings is 1. The van der Waals surface area contributed by atoms with Crippen LogP contribution >= 0.6 is 0 Å². The molecule has 0 unspecified atom stereocenters. The zero-order chi connectivity index (χ0) is 20.0. The van der Waals surface area contributed by atoms with Crippen molar-refractivity contribution < 1.29 is 18.0 Å². The smallest absolute Gasteiger partial charge is 0.338 e. The maximum absolute atomic E-state index is 13.2. The first-order chi connectivity index (χ1) is 13.4. The minimum Gasteiger partial charge on any atom is -0.338 e. The Morgan fingerprint density at radius 2 is 1.79 bits per heavy atom. The number of hydrogen-bond donors (Lipinski definition) is 2. The molecule has 0 aliphatic heterocycles. The average Bonchev–Trinajstić information content (AvgIpc) is 3.05. The summed E-state index contributed by atoms with van der Waals surface area (Å²) in [6, 6.07) is 9.69. The van der Waals surface area contributed by atoms with Crippen molar-refractivity contribution in [3.8, 4) is 0 Å². The predicted molar refractivity (Wildman–Crippen MR) is 100 cm³/mol. The Balaban J connectivity index is 1.43. The van der Waals surface area contributed by atoms with Crippen molar-refractivity contribution in [3.63, 3.8) is 0 Å². The normalized spacial score (nSPS) is 13.8. The first-order valence-corrected chi connectivity index (χ1v) is 9.66. The van der Waals surface area contributed by atoms with Gasteiger partial charge in [0.15, 0.2) is 5.69 Å². The molecule has 28 heavy (non-hydrogen) atoms. The summed E-state index contributed by atoms with van der Waals surface area (Å²) >= 11 is 0. The lowest BCUT2D eigenvalue weighted by atomic mass is 9.95. The third-order valence-electron chi connectivity index (χ3n) is 4.91. The average molecular weight is 394 g/mol. The summed E-state index contributed by atoms with van der Waals surface area (Å²) in [5.74, 6) is 0. The number of nitrogens with one attached hydrogen (secondary N) is 2. The van der Waals surface area contributed by atoms with Gasteiger partial charge in [-0.05, 0) is 44.1 Å². The Bertz CT molecular complexity index is 787. The van der Waals surface area contributed by atoms with E-state index in [4.69, 9.17) is 0 Å². The SMILES string of the molecule is O=C(NCCCc1ccccc1)NCCn1nc(C(F)(F)F)c2c1CCCC2. The molecule has 2 aromatic rings. The number of halogens is 3. The predicted octanol–water partition coefficient (Wildman–Crippen LogP) is 3.71. The second-order valence-corrected chi connectivity index (χ2v) is 6.97. The Labute approximate surface area is 162 Å². The van der Waals surface area contributed by atoms with Gasteiger partial charge in [0.25, 0.3) is 0 Å². The summed E-state index contributed by atoms with van der Waals surface area (Å²) < 4.78 is 40.9. The largest absolute Gasteiger partial charge is 0.435 e. The molecule has 1 heterocycles. The second-order valence-electron chi connectivity index (χ2n) is 6.97.